The summed E-state index contributed by atoms with van der Waals surface area (Å²) in [5, 5.41) is 23.4. The molecule has 6 nitrogen and oxygen atoms in total. The molecule has 0 radical (unpaired) electrons. The highest BCUT2D eigenvalue weighted by molar-refractivity contribution is 5.76. The van der Waals surface area contributed by atoms with Gasteiger partial charge in [0.1, 0.15) is 0 Å². The van der Waals surface area contributed by atoms with Crippen LogP contribution in [0.15, 0.2) is 24.3 Å². The van der Waals surface area contributed by atoms with Gasteiger partial charge in [-0.2, -0.15) is 0 Å². The summed E-state index contributed by atoms with van der Waals surface area (Å²) in [5.74, 6) is -0.0517. The summed E-state index contributed by atoms with van der Waals surface area (Å²) in [6, 6.07) is -0.552. The minimum absolute atomic E-state index is 0.00869. The van der Waals surface area contributed by atoms with Crippen molar-refractivity contribution in [1.82, 2.24) is 5.32 Å². The molecule has 0 rings (SSSR count). The lowest BCUT2D eigenvalue weighted by Gasteiger charge is -2.22. The fraction of sp³-hybridized carbons (Fsp3) is 0.912. The average molecular weight is 1040 g/mol. The highest BCUT2D eigenvalue weighted by Gasteiger charge is 2.20. The minimum Gasteiger partial charge on any atom is -0.466 e. The molecule has 0 fully saturated rings. The van der Waals surface area contributed by atoms with E-state index in [0.29, 0.717) is 25.9 Å². The maximum atomic E-state index is 12.5. The zero-order valence-electron chi connectivity index (χ0n) is 50.1. The number of hydrogen-bond acceptors (Lipinski definition) is 5. The Morgan fingerprint density at radius 1 is 0.365 bits per heavy atom. The molecule has 0 saturated carbocycles. The summed E-state index contributed by atoms with van der Waals surface area (Å²) in [7, 11) is 0. The first-order chi connectivity index (χ1) is 36.5. The number of allylic oxidation sites excluding steroid dienone is 4. The summed E-state index contributed by atoms with van der Waals surface area (Å²) in [5.41, 5.74) is 0. The van der Waals surface area contributed by atoms with Crippen molar-refractivity contribution in [2.45, 2.75) is 386 Å². The number of hydrogen-bond donors (Lipinski definition) is 3. The van der Waals surface area contributed by atoms with Crippen LogP contribution in [0.4, 0.5) is 0 Å². The molecule has 3 N–H and O–H groups in total. The van der Waals surface area contributed by atoms with Crippen molar-refractivity contribution in [2.24, 2.45) is 0 Å². The monoisotopic (exact) mass is 1040 g/mol. The SMILES string of the molecule is CCCCCCCC/C=C\CCCCCCCC(=O)OCCCCCCCC/C=C\CCCCCCCCCC(=O)NC(CO)C(O)CCCCCCCCCCCCCCCCCCCCCCCCCCC. The molecular weight excluding hydrogens is 911 g/mol. The van der Waals surface area contributed by atoms with E-state index in [1.54, 1.807) is 0 Å². The number of ether oxygens (including phenoxy) is 1. The summed E-state index contributed by atoms with van der Waals surface area (Å²) in [6.45, 7) is 4.95. The van der Waals surface area contributed by atoms with Crippen LogP contribution in [0.5, 0.6) is 0 Å². The topological polar surface area (TPSA) is 95.9 Å². The molecule has 74 heavy (non-hydrogen) atoms. The van der Waals surface area contributed by atoms with Crippen LogP contribution in [0.1, 0.15) is 373 Å². The maximum Gasteiger partial charge on any atom is 0.305 e. The molecule has 438 valence electrons. The number of aliphatic hydroxyl groups is 2. The van der Waals surface area contributed by atoms with Crippen LogP contribution >= 0.6 is 0 Å². The van der Waals surface area contributed by atoms with Crippen molar-refractivity contribution in [3.05, 3.63) is 24.3 Å². The van der Waals surface area contributed by atoms with Crippen molar-refractivity contribution < 1.29 is 24.5 Å². The first-order valence-corrected chi connectivity index (χ1v) is 33.6. The number of amides is 1. The number of aliphatic hydroxyl groups excluding tert-OH is 2. The quantitative estimate of drug-likeness (QED) is 0.0320. The Labute approximate surface area is 462 Å². The number of rotatable bonds is 63. The van der Waals surface area contributed by atoms with E-state index in [9.17, 15) is 19.8 Å². The first-order valence-electron chi connectivity index (χ1n) is 33.6. The van der Waals surface area contributed by atoms with Gasteiger partial charge in [-0.3, -0.25) is 9.59 Å². The van der Waals surface area contributed by atoms with Crippen LogP contribution in [0, 0.1) is 0 Å². The lowest BCUT2D eigenvalue weighted by atomic mass is 10.0. The molecule has 0 aromatic carbocycles. The summed E-state index contributed by atoms with van der Waals surface area (Å²) in [4.78, 5) is 24.6. The van der Waals surface area contributed by atoms with Gasteiger partial charge in [-0.05, 0) is 77.0 Å². The molecule has 0 heterocycles. The van der Waals surface area contributed by atoms with Gasteiger partial charge in [-0.15, -0.1) is 0 Å². The fourth-order valence-electron chi connectivity index (χ4n) is 10.6. The number of nitrogens with one attached hydrogen (secondary N) is 1. The Hall–Kier alpha value is -1.66. The number of carbonyl (C=O) groups is 2. The Morgan fingerprint density at radius 3 is 0.959 bits per heavy atom. The van der Waals surface area contributed by atoms with Crippen LogP contribution in [0.25, 0.3) is 0 Å². The number of esters is 1. The van der Waals surface area contributed by atoms with Crippen molar-refractivity contribution >= 4 is 11.9 Å². The molecular formula is C68H131NO5. The van der Waals surface area contributed by atoms with E-state index in [4.69, 9.17) is 4.74 Å². The van der Waals surface area contributed by atoms with Gasteiger partial charge in [0.05, 0.1) is 25.4 Å². The largest absolute Gasteiger partial charge is 0.466 e. The van der Waals surface area contributed by atoms with E-state index in [2.05, 4.69) is 43.5 Å². The molecule has 0 aliphatic rings. The molecule has 2 unspecified atom stereocenters. The number of carbonyl (C=O) groups excluding carboxylic acids is 2. The molecule has 1 amide bonds. The van der Waals surface area contributed by atoms with Gasteiger partial charge < -0.3 is 20.3 Å². The summed E-state index contributed by atoms with van der Waals surface area (Å²) >= 11 is 0. The summed E-state index contributed by atoms with van der Waals surface area (Å²) < 4.78 is 5.47. The van der Waals surface area contributed by atoms with Gasteiger partial charge in [0, 0.05) is 12.8 Å². The second-order valence-electron chi connectivity index (χ2n) is 23.1. The average Bonchev–Trinajstić information content (AvgIpc) is 3.40. The Balaban J connectivity index is 3.44. The molecule has 0 spiro atoms. The number of unbranched alkanes of at least 4 members (excludes halogenated alkanes) is 48. The van der Waals surface area contributed by atoms with Crippen molar-refractivity contribution in [3.63, 3.8) is 0 Å². The molecule has 0 saturated heterocycles. The zero-order valence-corrected chi connectivity index (χ0v) is 50.1. The van der Waals surface area contributed by atoms with Gasteiger partial charge in [0.2, 0.25) is 5.91 Å². The second-order valence-corrected chi connectivity index (χ2v) is 23.1. The molecule has 6 heteroatoms. The van der Waals surface area contributed by atoms with Crippen LogP contribution in [-0.4, -0.2) is 47.4 Å². The smallest absolute Gasteiger partial charge is 0.305 e. The first kappa shape index (κ1) is 72.3. The minimum atomic E-state index is -0.674. The van der Waals surface area contributed by atoms with Crippen LogP contribution in [0.2, 0.25) is 0 Å². The normalized spacial score (nSPS) is 12.6. The highest BCUT2D eigenvalue weighted by Crippen LogP contribution is 2.18. The maximum absolute atomic E-state index is 12.5. The third-order valence-electron chi connectivity index (χ3n) is 15.7. The molecule has 0 aliphatic heterocycles. The highest BCUT2D eigenvalue weighted by atomic mass is 16.5. The Kier molecular flexibility index (Phi) is 62.4. The van der Waals surface area contributed by atoms with E-state index >= 15 is 0 Å². The summed E-state index contributed by atoms with van der Waals surface area (Å²) in [6.07, 6.45) is 79.2. The van der Waals surface area contributed by atoms with E-state index in [1.165, 1.54) is 283 Å². The van der Waals surface area contributed by atoms with E-state index in [0.717, 1.165) is 57.8 Å². The van der Waals surface area contributed by atoms with Gasteiger partial charge in [0.15, 0.2) is 0 Å². The van der Waals surface area contributed by atoms with Crippen molar-refractivity contribution in [2.75, 3.05) is 13.2 Å². The molecule has 0 bridgehead atoms. The predicted octanol–water partition coefficient (Wildman–Crippen LogP) is 21.4. The predicted molar refractivity (Wildman–Crippen MR) is 324 cm³/mol. The van der Waals surface area contributed by atoms with Gasteiger partial charge in [0.25, 0.3) is 0 Å². The molecule has 2 atom stereocenters. The van der Waals surface area contributed by atoms with Crippen LogP contribution < -0.4 is 5.32 Å². The Morgan fingerprint density at radius 2 is 0.635 bits per heavy atom. The van der Waals surface area contributed by atoms with Crippen LogP contribution in [-0.2, 0) is 14.3 Å². The molecule has 0 aromatic rings. The van der Waals surface area contributed by atoms with E-state index < -0.39 is 12.1 Å². The third-order valence-corrected chi connectivity index (χ3v) is 15.7. The van der Waals surface area contributed by atoms with E-state index in [-0.39, 0.29) is 18.5 Å². The molecule has 0 aliphatic carbocycles. The third kappa shape index (κ3) is 59.6. The molecule has 0 aromatic heterocycles. The lowest BCUT2D eigenvalue weighted by Crippen LogP contribution is -2.45. The standard InChI is InChI=1S/C68H131NO5/c1-3-5-7-9-11-13-15-17-19-20-21-22-23-24-25-26-27-29-33-36-40-44-48-52-56-60-66(71)65(64-70)69-67(72)61-57-53-49-45-41-37-34-30-28-31-35-39-43-47-51-55-59-63-74-68(73)62-58-54-50-46-42-38-32-18-16-14-12-10-8-6-4-2/h18,28,31-32,65-66,70-71H,3-17,19-27,29-30,33-64H2,1-2H3,(H,69,72)/b31-28-,32-18-. The van der Waals surface area contributed by atoms with Gasteiger partial charge in [-0.1, -0.05) is 308 Å². The van der Waals surface area contributed by atoms with Crippen molar-refractivity contribution in [3.8, 4) is 0 Å². The fourth-order valence-corrected chi connectivity index (χ4v) is 10.6. The zero-order chi connectivity index (χ0) is 53.6. The second kappa shape index (κ2) is 63.9. The Bertz CT molecular complexity index is 1150. The van der Waals surface area contributed by atoms with Gasteiger partial charge >= 0.3 is 5.97 Å². The van der Waals surface area contributed by atoms with Gasteiger partial charge in [-0.25, -0.2) is 0 Å². The van der Waals surface area contributed by atoms with E-state index in [1.807, 2.05) is 0 Å². The van der Waals surface area contributed by atoms with Crippen LogP contribution in [0.3, 0.4) is 0 Å². The van der Waals surface area contributed by atoms with Crippen molar-refractivity contribution in [1.29, 1.82) is 0 Å². The lowest BCUT2D eigenvalue weighted by molar-refractivity contribution is -0.143.